The molecule has 0 spiro atoms. The van der Waals surface area contributed by atoms with Gasteiger partial charge in [0.1, 0.15) is 0 Å². The molecule has 1 aliphatic rings. The standard InChI is InChI=1S/C14H28/c1-4-6-7-8-9-12(3)14(5-2)13-10-11-13/h12-14H,4-11H2,1-3H3. The molecule has 1 aliphatic carbocycles. The molecule has 0 radical (unpaired) electrons. The van der Waals surface area contributed by atoms with Gasteiger partial charge in [-0.3, -0.25) is 0 Å². The summed E-state index contributed by atoms with van der Waals surface area (Å²) in [6.07, 6.45) is 11.7. The normalized spacial score (nSPS) is 20.8. The number of hydrogen-bond acceptors (Lipinski definition) is 0. The molecule has 0 aromatic carbocycles. The maximum absolute atomic E-state index is 2.48. The average Bonchev–Trinajstić information content (AvgIpc) is 2.98. The van der Waals surface area contributed by atoms with Gasteiger partial charge in [0.25, 0.3) is 0 Å². The molecule has 0 heteroatoms. The van der Waals surface area contributed by atoms with Gasteiger partial charge in [0.15, 0.2) is 0 Å². The van der Waals surface area contributed by atoms with Crippen molar-refractivity contribution in [2.24, 2.45) is 17.8 Å². The highest BCUT2D eigenvalue weighted by Crippen LogP contribution is 2.43. The first-order valence-electron chi connectivity index (χ1n) is 6.79. The second-order valence-corrected chi connectivity index (χ2v) is 5.24. The van der Waals surface area contributed by atoms with Crippen LogP contribution in [0, 0.1) is 17.8 Å². The predicted octanol–water partition coefficient (Wildman–Crippen LogP) is 5.03. The minimum Gasteiger partial charge on any atom is -0.0654 e. The van der Waals surface area contributed by atoms with E-state index in [9.17, 15) is 0 Å². The van der Waals surface area contributed by atoms with Crippen molar-refractivity contribution in [1.29, 1.82) is 0 Å². The minimum atomic E-state index is 0.990. The van der Waals surface area contributed by atoms with Crippen LogP contribution in [0.5, 0.6) is 0 Å². The lowest BCUT2D eigenvalue weighted by Crippen LogP contribution is -2.12. The van der Waals surface area contributed by atoms with Crippen LogP contribution in [-0.4, -0.2) is 0 Å². The van der Waals surface area contributed by atoms with E-state index in [1.807, 2.05) is 0 Å². The molecule has 0 saturated heterocycles. The number of rotatable bonds is 8. The van der Waals surface area contributed by atoms with Crippen LogP contribution in [0.25, 0.3) is 0 Å². The fourth-order valence-electron chi connectivity index (χ4n) is 2.83. The third-order valence-corrected chi connectivity index (χ3v) is 3.94. The van der Waals surface area contributed by atoms with Gasteiger partial charge in [-0.1, -0.05) is 59.3 Å². The molecule has 1 rings (SSSR count). The molecule has 84 valence electrons. The van der Waals surface area contributed by atoms with Gasteiger partial charge >= 0.3 is 0 Å². The maximum Gasteiger partial charge on any atom is -0.0363 e. The molecule has 2 atom stereocenters. The summed E-state index contributed by atoms with van der Waals surface area (Å²) in [5.41, 5.74) is 0. The molecule has 0 N–H and O–H groups in total. The Morgan fingerprint density at radius 3 is 2.29 bits per heavy atom. The largest absolute Gasteiger partial charge is 0.0654 e. The Morgan fingerprint density at radius 2 is 1.79 bits per heavy atom. The lowest BCUT2D eigenvalue weighted by Gasteiger charge is -2.22. The summed E-state index contributed by atoms with van der Waals surface area (Å²) in [5.74, 6) is 3.15. The Hall–Kier alpha value is 0. The first-order chi connectivity index (χ1) is 6.79. The lowest BCUT2D eigenvalue weighted by molar-refractivity contribution is 0.284. The van der Waals surface area contributed by atoms with Gasteiger partial charge < -0.3 is 0 Å². The molecular weight excluding hydrogens is 168 g/mol. The Balaban J connectivity index is 2.08. The van der Waals surface area contributed by atoms with E-state index >= 15 is 0 Å². The zero-order valence-corrected chi connectivity index (χ0v) is 10.4. The van der Waals surface area contributed by atoms with Gasteiger partial charge in [0.2, 0.25) is 0 Å². The summed E-state index contributed by atoms with van der Waals surface area (Å²) in [6, 6.07) is 0. The van der Waals surface area contributed by atoms with Gasteiger partial charge in [-0.05, 0) is 30.6 Å². The lowest BCUT2D eigenvalue weighted by atomic mass is 9.84. The van der Waals surface area contributed by atoms with Crippen LogP contribution in [-0.2, 0) is 0 Å². The summed E-state index contributed by atoms with van der Waals surface area (Å²) < 4.78 is 0. The number of hydrogen-bond donors (Lipinski definition) is 0. The summed E-state index contributed by atoms with van der Waals surface area (Å²) in [6.45, 7) is 7.16. The zero-order valence-electron chi connectivity index (χ0n) is 10.4. The van der Waals surface area contributed by atoms with Crippen LogP contribution in [0.15, 0.2) is 0 Å². The Labute approximate surface area is 90.5 Å². The fraction of sp³-hybridized carbons (Fsp3) is 1.00. The van der Waals surface area contributed by atoms with Crippen LogP contribution in [0.2, 0.25) is 0 Å². The minimum absolute atomic E-state index is 0.990. The molecule has 1 fully saturated rings. The van der Waals surface area contributed by atoms with Crippen molar-refractivity contribution < 1.29 is 0 Å². The van der Waals surface area contributed by atoms with Gasteiger partial charge in [-0.15, -0.1) is 0 Å². The number of unbranched alkanes of at least 4 members (excludes halogenated alkanes) is 3. The Bertz CT molecular complexity index is 135. The third kappa shape index (κ3) is 4.02. The van der Waals surface area contributed by atoms with Crippen LogP contribution in [0.4, 0.5) is 0 Å². The van der Waals surface area contributed by atoms with Crippen molar-refractivity contribution in [2.75, 3.05) is 0 Å². The van der Waals surface area contributed by atoms with Crippen molar-refractivity contribution in [3.05, 3.63) is 0 Å². The third-order valence-electron chi connectivity index (χ3n) is 3.94. The van der Waals surface area contributed by atoms with Crippen LogP contribution < -0.4 is 0 Å². The SMILES string of the molecule is CCCCCCC(C)C(CC)C1CC1. The molecule has 14 heavy (non-hydrogen) atoms. The molecule has 0 amide bonds. The molecule has 0 heterocycles. The Morgan fingerprint density at radius 1 is 1.07 bits per heavy atom. The fourth-order valence-corrected chi connectivity index (χ4v) is 2.83. The second kappa shape index (κ2) is 6.48. The van der Waals surface area contributed by atoms with Crippen molar-refractivity contribution in [3.63, 3.8) is 0 Å². The van der Waals surface area contributed by atoms with Gasteiger partial charge in [-0.25, -0.2) is 0 Å². The Kier molecular flexibility index (Phi) is 5.59. The molecule has 0 aromatic heterocycles. The van der Waals surface area contributed by atoms with E-state index in [2.05, 4.69) is 20.8 Å². The predicted molar refractivity (Wildman–Crippen MR) is 64.4 cm³/mol. The molecular formula is C14H28. The first-order valence-corrected chi connectivity index (χ1v) is 6.79. The molecule has 1 saturated carbocycles. The van der Waals surface area contributed by atoms with E-state index in [4.69, 9.17) is 0 Å². The molecule has 0 nitrogen and oxygen atoms in total. The van der Waals surface area contributed by atoms with Crippen molar-refractivity contribution >= 4 is 0 Å². The maximum atomic E-state index is 2.48. The summed E-state index contributed by atoms with van der Waals surface area (Å²) in [5, 5.41) is 0. The van der Waals surface area contributed by atoms with Gasteiger partial charge in [-0.2, -0.15) is 0 Å². The van der Waals surface area contributed by atoms with Crippen LogP contribution in [0.3, 0.4) is 0 Å². The summed E-state index contributed by atoms with van der Waals surface area (Å²) in [7, 11) is 0. The molecule has 0 aromatic rings. The highest BCUT2D eigenvalue weighted by Gasteiger charge is 2.32. The monoisotopic (exact) mass is 196 g/mol. The van der Waals surface area contributed by atoms with E-state index in [0.29, 0.717) is 0 Å². The molecule has 0 bridgehead atoms. The van der Waals surface area contributed by atoms with Crippen LogP contribution in [0.1, 0.15) is 72.1 Å². The zero-order chi connectivity index (χ0) is 10.4. The van der Waals surface area contributed by atoms with E-state index in [0.717, 1.165) is 17.8 Å². The van der Waals surface area contributed by atoms with E-state index < -0.39 is 0 Å². The van der Waals surface area contributed by atoms with Crippen molar-refractivity contribution in [1.82, 2.24) is 0 Å². The van der Waals surface area contributed by atoms with Crippen molar-refractivity contribution in [2.45, 2.75) is 72.1 Å². The topological polar surface area (TPSA) is 0 Å². The highest BCUT2D eigenvalue weighted by atomic mass is 14.4. The second-order valence-electron chi connectivity index (χ2n) is 5.24. The van der Waals surface area contributed by atoms with Gasteiger partial charge in [0, 0.05) is 0 Å². The average molecular weight is 196 g/mol. The summed E-state index contributed by atoms with van der Waals surface area (Å²) in [4.78, 5) is 0. The summed E-state index contributed by atoms with van der Waals surface area (Å²) >= 11 is 0. The quantitative estimate of drug-likeness (QED) is 0.478. The van der Waals surface area contributed by atoms with Crippen LogP contribution >= 0.6 is 0 Å². The van der Waals surface area contributed by atoms with E-state index in [-0.39, 0.29) is 0 Å². The van der Waals surface area contributed by atoms with Gasteiger partial charge in [0.05, 0.1) is 0 Å². The molecule has 0 aliphatic heterocycles. The molecule has 2 unspecified atom stereocenters. The smallest absolute Gasteiger partial charge is 0.0363 e. The van der Waals surface area contributed by atoms with E-state index in [1.165, 1.54) is 51.4 Å². The highest BCUT2D eigenvalue weighted by molar-refractivity contribution is 4.83. The van der Waals surface area contributed by atoms with E-state index in [1.54, 1.807) is 0 Å². The first kappa shape index (κ1) is 12.1. The van der Waals surface area contributed by atoms with Crippen molar-refractivity contribution in [3.8, 4) is 0 Å².